The number of aromatic nitrogens is 4. The zero-order valence-electron chi connectivity index (χ0n) is 19.7. The Morgan fingerprint density at radius 3 is 2.78 bits per heavy atom. The number of nitrogens with zero attached hydrogens (tertiary/aromatic N) is 5. The quantitative estimate of drug-likeness (QED) is 0.345. The number of carbonyl (C=O) groups excluding carboxylic acids is 1. The lowest BCUT2D eigenvalue weighted by molar-refractivity contribution is 0.0886. The summed E-state index contributed by atoms with van der Waals surface area (Å²) in [5.41, 5.74) is 3.45. The summed E-state index contributed by atoms with van der Waals surface area (Å²) in [6, 6.07) is 17.1. The Kier molecular flexibility index (Phi) is 7.17. The van der Waals surface area contributed by atoms with E-state index in [0.717, 1.165) is 30.0 Å². The molecule has 5 rings (SSSR count). The highest BCUT2D eigenvalue weighted by Gasteiger charge is 2.17. The lowest BCUT2D eigenvalue weighted by Gasteiger charge is -2.27. The maximum absolute atomic E-state index is 13.1. The molecule has 1 amide bonds. The van der Waals surface area contributed by atoms with Gasteiger partial charge in [-0.1, -0.05) is 24.3 Å². The smallest absolute Gasteiger partial charge is 0.277 e. The lowest BCUT2D eigenvalue weighted by Crippen LogP contribution is -2.36. The first-order valence-electron chi connectivity index (χ1n) is 11.9. The molecule has 0 radical (unpaired) electrons. The van der Waals surface area contributed by atoms with E-state index in [1.54, 1.807) is 6.07 Å². The number of morpholine rings is 1. The molecule has 1 aromatic carbocycles. The summed E-state index contributed by atoms with van der Waals surface area (Å²) < 4.78 is 6.93. The van der Waals surface area contributed by atoms with Crippen LogP contribution in [0.4, 0.5) is 11.6 Å². The summed E-state index contributed by atoms with van der Waals surface area (Å²) in [5, 5.41) is 26.2. The summed E-state index contributed by atoms with van der Waals surface area (Å²) in [6.07, 6.45) is 1.87. The van der Waals surface area contributed by atoms with Crippen LogP contribution in [0, 0.1) is 0 Å². The van der Waals surface area contributed by atoms with Crippen LogP contribution >= 0.6 is 0 Å². The van der Waals surface area contributed by atoms with Crippen LogP contribution in [0.25, 0.3) is 16.9 Å². The number of fused-ring (bicyclic) bond motifs is 1. The fraction of sp³-hybridized carbons (Fsp3) is 0.308. The second-order valence-electron chi connectivity index (χ2n) is 8.64. The Labute approximate surface area is 208 Å². The van der Waals surface area contributed by atoms with E-state index in [0.29, 0.717) is 48.9 Å². The van der Waals surface area contributed by atoms with Gasteiger partial charge < -0.3 is 25.2 Å². The van der Waals surface area contributed by atoms with Gasteiger partial charge in [-0.25, -0.2) is 14.5 Å². The Morgan fingerprint density at radius 2 is 1.94 bits per heavy atom. The van der Waals surface area contributed by atoms with Gasteiger partial charge in [0.2, 0.25) is 0 Å². The van der Waals surface area contributed by atoms with Gasteiger partial charge in [0.1, 0.15) is 11.6 Å². The van der Waals surface area contributed by atoms with Crippen molar-refractivity contribution in [1.29, 1.82) is 0 Å². The van der Waals surface area contributed by atoms with Crippen LogP contribution in [-0.2, 0) is 11.2 Å². The number of amides is 1. The molecule has 1 aliphatic rings. The second kappa shape index (κ2) is 10.8. The van der Waals surface area contributed by atoms with Crippen molar-refractivity contribution in [1.82, 2.24) is 19.6 Å². The van der Waals surface area contributed by atoms with E-state index in [1.807, 2.05) is 48.5 Å². The molecule has 4 aromatic rings. The number of carbonyl (C=O) groups is 1. The molecule has 4 heterocycles. The van der Waals surface area contributed by atoms with Crippen LogP contribution in [0.3, 0.4) is 0 Å². The Morgan fingerprint density at radius 1 is 1.11 bits per heavy atom. The zero-order valence-corrected chi connectivity index (χ0v) is 19.7. The van der Waals surface area contributed by atoms with Gasteiger partial charge in [0.25, 0.3) is 5.91 Å². The van der Waals surface area contributed by atoms with Crippen molar-refractivity contribution in [2.75, 3.05) is 43.1 Å². The van der Waals surface area contributed by atoms with Crippen molar-refractivity contribution >= 4 is 23.2 Å². The molecule has 0 bridgehead atoms. The van der Waals surface area contributed by atoms with E-state index in [1.165, 1.54) is 10.7 Å². The molecule has 1 aliphatic heterocycles. The van der Waals surface area contributed by atoms with E-state index in [4.69, 9.17) is 9.84 Å². The molecule has 0 spiro atoms. The second-order valence-corrected chi connectivity index (χ2v) is 8.64. The molecule has 1 atom stereocenters. The number of ether oxygens (including phenoxy) is 1. The standard InChI is InChI=1S/C26H28N6O4/c33-17-20(34)8-7-18-3-1-4-19(15-18)21-9-10-24-27-16-22(32(24)30-21)26(35)29-23-5-2-6-25(28-23)31-11-13-36-14-12-31/h1-6,9-10,15-16,20,33-34H,7-8,11-14,17H2,(H,28,29,35). The molecular weight excluding hydrogens is 460 g/mol. The van der Waals surface area contributed by atoms with Gasteiger partial charge in [0.05, 0.1) is 37.8 Å². The zero-order chi connectivity index (χ0) is 24.9. The predicted octanol–water partition coefficient (Wildman–Crippen LogP) is 2.17. The fourth-order valence-corrected chi connectivity index (χ4v) is 4.13. The number of hydrogen-bond donors (Lipinski definition) is 3. The van der Waals surface area contributed by atoms with Crippen LogP contribution in [0.15, 0.2) is 60.8 Å². The van der Waals surface area contributed by atoms with Gasteiger partial charge >= 0.3 is 0 Å². The Balaban J connectivity index is 1.36. The topological polar surface area (TPSA) is 125 Å². The van der Waals surface area contributed by atoms with Crippen LogP contribution in [0.5, 0.6) is 0 Å². The third kappa shape index (κ3) is 5.35. The molecule has 1 unspecified atom stereocenters. The van der Waals surface area contributed by atoms with Gasteiger partial charge in [-0.05, 0) is 48.7 Å². The third-order valence-electron chi connectivity index (χ3n) is 6.11. The average molecular weight is 489 g/mol. The molecule has 0 saturated carbocycles. The average Bonchev–Trinajstić information content (AvgIpc) is 3.36. The van der Waals surface area contributed by atoms with E-state index in [2.05, 4.69) is 25.3 Å². The third-order valence-corrected chi connectivity index (χ3v) is 6.11. The number of hydrogen-bond acceptors (Lipinski definition) is 8. The number of imidazole rings is 1. The van der Waals surface area contributed by atoms with Gasteiger partial charge in [0, 0.05) is 18.7 Å². The van der Waals surface area contributed by atoms with Crippen molar-refractivity contribution in [3.05, 3.63) is 72.1 Å². The summed E-state index contributed by atoms with van der Waals surface area (Å²) in [7, 11) is 0. The van der Waals surface area contributed by atoms with E-state index >= 15 is 0 Å². The highest BCUT2D eigenvalue weighted by Crippen LogP contribution is 2.21. The molecule has 1 saturated heterocycles. The number of rotatable bonds is 8. The van der Waals surface area contributed by atoms with E-state index < -0.39 is 6.10 Å². The molecule has 1 fully saturated rings. The molecular formula is C26H28N6O4. The molecule has 36 heavy (non-hydrogen) atoms. The van der Waals surface area contributed by atoms with Gasteiger partial charge in [0.15, 0.2) is 11.3 Å². The van der Waals surface area contributed by atoms with Crippen molar-refractivity contribution in [2.24, 2.45) is 0 Å². The van der Waals surface area contributed by atoms with Crippen LogP contribution in [0.2, 0.25) is 0 Å². The minimum atomic E-state index is -0.737. The number of nitrogens with one attached hydrogen (secondary N) is 1. The number of benzene rings is 1. The highest BCUT2D eigenvalue weighted by molar-refractivity contribution is 6.03. The minimum Gasteiger partial charge on any atom is -0.394 e. The number of aliphatic hydroxyl groups is 2. The molecule has 3 aromatic heterocycles. The van der Waals surface area contributed by atoms with Crippen molar-refractivity contribution in [2.45, 2.75) is 18.9 Å². The molecule has 186 valence electrons. The Hall–Kier alpha value is -3.86. The predicted molar refractivity (Wildman–Crippen MR) is 135 cm³/mol. The van der Waals surface area contributed by atoms with Gasteiger partial charge in [-0.2, -0.15) is 5.10 Å². The number of pyridine rings is 1. The first-order chi connectivity index (χ1) is 17.6. The van der Waals surface area contributed by atoms with E-state index in [9.17, 15) is 9.90 Å². The molecule has 10 nitrogen and oxygen atoms in total. The first-order valence-corrected chi connectivity index (χ1v) is 11.9. The number of aryl methyl sites for hydroxylation is 1. The summed E-state index contributed by atoms with van der Waals surface area (Å²) in [6.45, 7) is 2.57. The summed E-state index contributed by atoms with van der Waals surface area (Å²) in [4.78, 5) is 24.2. The monoisotopic (exact) mass is 488 g/mol. The fourth-order valence-electron chi connectivity index (χ4n) is 4.13. The number of aliphatic hydroxyl groups excluding tert-OH is 2. The van der Waals surface area contributed by atoms with Crippen LogP contribution in [-0.4, -0.2) is 74.7 Å². The largest absolute Gasteiger partial charge is 0.394 e. The molecule has 3 N–H and O–H groups in total. The van der Waals surface area contributed by atoms with Crippen LogP contribution < -0.4 is 10.2 Å². The highest BCUT2D eigenvalue weighted by atomic mass is 16.5. The van der Waals surface area contributed by atoms with Crippen molar-refractivity contribution in [3.63, 3.8) is 0 Å². The molecule has 0 aliphatic carbocycles. The summed E-state index contributed by atoms with van der Waals surface area (Å²) >= 11 is 0. The molecule has 10 heteroatoms. The minimum absolute atomic E-state index is 0.254. The SMILES string of the molecule is O=C(Nc1cccc(N2CCOCC2)n1)c1cnc2ccc(-c3cccc(CCC(O)CO)c3)nn12. The van der Waals surface area contributed by atoms with Crippen molar-refractivity contribution < 1.29 is 19.7 Å². The number of anilines is 2. The maximum Gasteiger partial charge on any atom is 0.277 e. The normalized spacial score (nSPS) is 14.7. The Bertz CT molecular complexity index is 1350. The van der Waals surface area contributed by atoms with E-state index in [-0.39, 0.29) is 12.5 Å². The van der Waals surface area contributed by atoms with Gasteiger partial charge in [-0.15, -0.1) is 0 Å². The van der Waals surface area contributed by atoms with Crippen LogP contribution in [0.1, 0.15) is 22.5 Å². The van der Waals surface area contributed by atoms with Crippen molar-refractivity contribution in [3.8, 4) is 11.3 Å². The summed E-state index contributed by atoms with van der Waals surface area (Å²) in [5.74, 6) is 0.888. The maximum atomic E-state index is 13.1. The lowest BCUT2D eigenvalue weighted by atomic mass is 10.0. The first kappa shape index (κ1) is 23.9. The van der Waals surface area contributed by atoms with Gasteiger partial charge in [-0.3, -0.25) is 4.79 Å².